The lowest BCUT2D eigenvalue weighted by Crippen LogP contribution is -2.58. The van der Waals surface area contributed by atoms with Gasteiger partial charge >= 0.3 is 0 Å². The van der Waals surface area contributed by atoms with E-state index < -0.39 is 0 Å². The number of hydrogen-bond acceptors (Lipinski definition) is 5. The molecule has 32 heavy (non-hydrogen) atoms. The number of hydrogen-bond donors (Lipinski definition) is 3. The van der Waals surface area contributed by atoms with Crippen LogP contribution in [0, 0.1) is 0 Å². The number of nitrogens with zero attached hydrogens (tertiary/aromatic N) is 2. The smallest absolute Gasteiger partial charge is 0.229 e. The number of aliphatic imine (C=N–C) groups is 1. The highest BCUT2D eigenvalue weighted by Gasteiger charge is 2.24. The maximum Gasteiger partial charge on any atom is 0.229 e. The molecule has 0 fully saturated rings. The first-order valence-corrected chi connectivity index (χ1v) is 13.5. The maximum atomic E-state index is 12.7. The summed E-state index contributed by atoms with van der Waals surface area (Å²) >= 11 is 0. The van der Waals surface area contributed by atoms with E-state index in [4.69, 9.17) is 0 Å². The number of carbonyl (C=O) groups excluding carboxylic acids is 1. The molecule has 0 aromatic rings. The predicted molar refractivity (Wildman–Crippen MR) is 138 cm³/mol. The van der Waals surface area contributed by atoms with Crippen molar-refractivity contribution in [3.63, 3.8) is 0 Å². The highest BCUT2D eigenvalue weighted by atomic mass is 16.2. The zero-order valence-corrected chi connectivity index (χ0v) is 21.8. The van der Waals surface area contributed by atoms with Gasteiger partial charge in [0.1, 0.15) is 0 Å². The zero-order valence-electron chi connectivity index (χ0n) is 21.8. The van der Waals surface area contributed by atoms with Crippen LogP contribution in [0.5, 0.6) is 0 Å². The molecule has 3 atom stereocenters. The Kier molecular flexibility index (Phi) is 16.7. The van der Waals surface area contributed by atoms with Crippen molar-refractivity contribution in [1.29, 1.82) is 0 Å². The Morgan fingerprint density at radius 3 is 2.16 bits per heavy atom. The second kappa shape index (κ2) is 18.4. The molecule has 0 aromatic heterocycles. The third-order valence-electron chi connectivity index (χ3n) is 6.35. The first-order valence-electron chi connectivity index (χ1n) is 13.5. The lowest BCUT2D eigenvalue weighted by Gasteiger charge is -2.35. The Labute approximate surface area is 198 Å². The molecule has 0 aromatic carbocycles. The Bertz CT molecular complexity index is 510. The van der Waals surface area contributed by atoms with Crippen LogP contribution in [0.4, 0.5) is 0 Å². The van der Waals surface area contributed by atoms with Crippen LogP contribution in [-0.2, 0) is 4.79 Å². The normalized spacial score (nSPS) is 19.7. The van der Waals surface area contributed by atoms with Crippen molar-refractivity contribution >= 4 is 11.6 Å². The molecule has 1 aliphatic rings. The largest absolute Gasteiger partial charge is 0.327 e. The first-order chi connectivity index (χ1) is 15.5. The van der Waals surface area contributed by atoms with Gasteiger partial charge in [-0.15, -0.1) is 0 Å². The summed E-state index contributed by atoms with van der Waals surface area (Å²) in [7, 11) is 0. The fourth-order valence-corrected chi connectivity index (χ4v) is 4.47. The van der Waals surface area contributed by atoms with Gasteiger partial charge in [0.2, 0.25) is 5.91 Å². The molecule has 1 aliphatic heterocycles. The number of nitrogens with one attached hydrogen (secondary N) is 3. The molecule has 3 N–H and O–H groups in total. The monoisotopic (exact) mass is 451 g/mol. The number of carbonyl (C=O) groups is 1. The fourth-order valence-electron chi connectivity index (χ4n) is 4.47. The topological polar surface area (TPSA) is 68.8 Å². The van der Waals surface area contributed by atoms with E-state index in [-0.39, 0.29) is 24.4 Å². The van der Waals surface area contributed by atoms with E-state index in [1.165, 1.54) is 64.2 Å². The number of unbranched alkanes of at least 4 members (excludes halogenated alkanes) is 9. The van der Waals surface area contributed by atoms with Crippen LogP contribution < -0.4 is 16.0 Å². The van der Waals surface area contributed by atoms with Crippen molar-refractivity contribution < 1.29 is 4.79 Å². The second-order valence-corrected chi connectivity index (χ2v) is 9.57. The van der Waals surface area contributed by atoms with Crippen LogP contribution in [-0.4, -0.2) is 54.7 Å². The molecule has 1 amide bonds. The lowest BCUT2D eigenvalue weighted by atomic mass is 10.1. The van der Waals surface area contributed by atoms with Gasteiger partial charge in [-0.3, -0.25) is 20.4 Å². The molecule has 188 valence electrons. The number of rotatable bonds is 18. The maximum absolute atomic E-state index is 12.7. The minimum Gasteiger partial charge on any atom is -0.327 e. The summed E-state index contributed by atoms with van der Waals surface area (Å²) in [6.07, 6.45) is 16.4. The van der Waals surface area contributed by atoms with Crippen molar-refractivity contribution in [2.24, 2.45) is 4.99 Å². The Balaban J connectivity index is 2.17. The first kappa shape index (κ1) is 29.1. The van der Waals surface area contributed by atoms with E-state index in [9.17, 15) is 4.79 Å². The van der Waals surface area contributed by atoms with Crippen molar-refractivity contribution in [2.75, 3.05) is 19.6 Å². The van der Waals surface area contributed by atoms with Gasteiger partial charge in [0.15, 0.2) is 0 Å². The summed E-state index contributed by atoms with van der Waals surface area (Å²) in [5.74, 6) is 0.185. The predicted octanol–water partition coefficient (Wildman–Crippen LogP) is 5.19. The van der Waals surface area contributed by atoms with Crippen LogP contribution in [0.15, 0.2) is 4.99 Å². The third-order valence-corrected chi connectivity index (χ3v) is 6.35. The average molecular weight is 452 g/mol. The Morgan fingerprint density at radius 2 is 1.53 bits per heavy atom. The van der Waals surface area contributed by atoms with Crippen molar-refractivity contribution in [3.05, 3.63) is 0 Å². The van der Waals surface area contributed by atoms with Crippen molar-refractivity contribution in [1.82, 2.24) is 20.9 Å². The highest BCUT2D eigenvalue weighted by molar-refractivity contribution is 6.00. The standard InChI is InChI=1S/C26H53N5O/c1-6-8-9-10-11-12-13-14-15-16-18-28-23(4)29-24(5)30-25(7-2)31-20-17-19-27-22(3)21-26(31)32/h23-25,28-30H,6-21H2,1-5H3/b27-22-. The quantitative estimate of drug-likeness (QED) is 0.198. The van der Waals surface area contributed by atoms with Gasteiger partial charge < -0.3 is 10.2 Å². The number of amides is 1. The van der Waals surface area contributed by atoms with E-state index in [0.717, 1.165) is 38.2 Å². The zero-order chi connectivity index (χ0) is 23.6. The fraction of sp³-hybridized carbons (Fsp3) is 0.923. The van der Waals surface area contributed by atoms with Crippen molar-refractivity contribution in [3.8, 4) is 0 Å². The molecule has 0 saturated carbocycles. The van der Waals surface area contributed by atoms with E-state index in [1.807, 2.05) is 11.8 Å². The summed E-state index contributed by atoms with van der Waals surface area (Å²) in [6, 6.07) is 0. The molecule has 1 rings (SSSR count). The molecule has 0 spiro atoms. The van der Waals surface area contributed by atoms with Crippen molar-refractivity contribution in [2.45, 2.75) is 137 Å². The van der Waals surface area contributed by atoms with E-state index in [1.54, 1.807) is 0 Å². The van der Waals surface area contributed by atoms with Crippen LogP contribution in [0.3, 0.4) is 0 Å². The molecule has 0 bridgehead atoms. The SMILES string of the molecule is CCCCCCCCCCCCNC(C)NC(C)NC(CC)N1CCC/N=C(/C)CC1=O. The molecule has 6 heteroatoms. The molecule has 6 nitrogen and oxygen atoms in total. The minimum absolute atomic E-state index is 0.0603. The lowest BCUT2D eigenvalue weighted by molar-refractivity contribution is -0.133. The molecule has 0 radical (unpaired) electrons. The van der Waals surface area contributed by atoms with Gasteiger partial charge in [0, 0.05) is 18.8 Å². The second-order valence-electron chi connectivity index (χ2n) is 9.57. The molecule has 3 unspecified atom stereocenters. The van der Waals surface area contributed by atoms with Crippen LogP contribution in [0.25, 0.3) is 0 Å². The molecular weight excluding hydrogens is 398 g/mol. The summed E-state index contributed by atoms with van der Waals surface area (Å²) < 4.78 is 0. The average Bonchev–Trinajstić information content (AvgIpc) is 2.75. The van der Waals surface area contributed by atoms with Gasteiger partial charge in [0.05, 0.1) is 24.9 Å². The third kappa shape index (κ3) is 13.5. The van der Waals surface area contributed by atoms with Crippen LogP contribution in [0.2, 0.25) is 0 Å². The van der Waals surface area contributed by atoms with Gasteiger partial charge in [-0.05, 0) is 46.6 Å². The molecule has 0 aliphatic carbocycles. The Morgan fingerprint density at radius 1 is 0.906 bits per heavy atom. The summed E-state index contributed by atoms with van der Waals surface area (Å²) in [5.41, 5.74) is 0.950. The molecular formula is C26H53N5O. The van der Waals surface area contributed by atoms with Gasteiger partial charge in [-0.2, -0.15) is 0 Å². The van der Waals surface area contributed by atoms with Gasteiger partial charge in [-0.1, -0.05) is 71.6 Å². The summed E-state index contributed by atoms with van der Waals surface area (Å²) in [4.78, 5) is 19.1. The highest BCUT2D eigenvalue weighted by Crippen LogP contribution is 2.11. The van der Waals surface area contributed by atoms with Crippen LogP contribution >= 0.6 is 0 Å². The molecule has 1 heterocycles. The summed E-state index contributed by atoms with van der Waals surface area (Å²) in [6.45, 7) is 13.4. The Hall–Kier alpha value is -0.980. The van der Waals surface area contributed by atoms with Gasteiger partial charge in [-0.25, -0.2) is 0 Å². The molecule has 0 saturated heterocycles. The van der Waals surface area contributed by atoms with E-state index in [0.29, 0.717) is 6.42 Å². The van der Waals surface area contributed by atoms with E-state index in [2.05, 4.69) is 48.6 Å². The van der Waals surface area contributed by atoms with Gasteiger partial charge in [0.25, 0.3) is 0 Å². The van der Waals surface area contributed by atoms with E-state index >= 15 is 0 Å². The minimum atomic E-state index is 0.0603. The summed E-state index contributed by atoms with van der Waals surface area (Å²) in [5, 5.41) is 10.8. The van der Waals surface area contributed by atoms with Crippen LogP contribution in [0.1, 0.15) is 118 Å².